The van der Waals surface area contributed by atoms with Gasteiger partial charge in [-0.15, -0.1) is 0 Å². The Morgan fingerprint density at radius 2 is 0.647 bits per heavy atom. The zero-order valence-corrected chi connectivity index (χ0v) is 10.7. The Hall–Kier alpha value is -1.98. The number of carbonyl (C=O) groups excluding carboxylic acids is 4. The van der Waals surface area contributed by atoms with Gasteiger partial charge >= 0.3 is 0 Å². The maximum atomic E-state index is 9.41. The molecule has 0 atom stereocenters. The van der Waals surface area contributed by atoms with Gasteiger partial charge in [-0.1, -0.05) is 0 Å². The van der Waals surface area contributed by atoms with E-state index in [1.165, 1.54) is 0 Å². The molecule has 0 heterocycles. The van der Waals surface area contributed by atoms with Crippen LogP contribution in [0.1, 0.15) is 0 Å². The van der Waals surface area contributed by atoms with Crippen LogP contribution in [-0.2, 0) is 39.6 Å². The fraction of sp³-hybridized carbons (Fsp3) is 0. The zero-order valence-electron chi connectivity index (χ0n) is 7.95. The molecule has 0 N–H and O–H groups in total. The minimum absolute atomic E-state index is 0. The molecule has 0 bridgehead atoms. The molecule has 0 unspecified atom stereocenters. The molecule has 0 saturated heterocycles. The summed E-state index contributed by atoms with van der Waals surface area (Å²) >= 11 is 0. The minimum Gasteiger partial charge on any atom is -0.545 e. The van der Waals surface area contributed by atoms with E-state index in [1.54, 1.807) is 0 Å². The molecule has 0 aromatic heterocycles. The van der Waals surface area contributed by atoms with E-state index in [4.69, 9.17) is 0 Å². The van der Waals surface area contributed by atoms with E-state index in [0.717, 1.165) is 0 Å². The summed E-state index contributed by atoms with van der Waals surface area (Å²) in [6.45, 7) is 0. The fourth-order valence-electron chi connectivity index (χ4n) is 0.272. The van der Waals surface area contributed by atoms with Crippen LogP contribution in [-0.4, -0.2) is 23.9 Å². The largest absolute Gasteiger partial charge is 0.545 e. The third-order valence-corrected chi connectivity index (χ3v) is 0.711. The fourth-order valence-corrected chi connectivity index (χ4v) is 0.272. The van der Waals surface area contributed by atoms with Gasteiger partial charge in [-0.3, -0.25) is 0 Å². The van der Waals surface area contributed by atoms with Crippen LogP contribution in [0.5, 0.6) is 0 Å². The molecule has 0 aliphatic heterocycles. The van der Waals surface area contributed by atoms with Crippen molar-refractivity contribution >= 4 is 23.9 Å². The van der Waals surface area contributed by atoms with E-state index in [-0.39, 0.29) is 20.4 Å². The molecular formula is C8H4O8Re-4. The number of carbonyl (C=O) groups is 4. The van der Waals surface area contributed by atoms with Gasteiger partial charge in [-0.2, -0.15) is 0 Å². The Balaban J connectivity index is -0.000000218. The zero-order chi connectivity index (χ0) is 13.1. The molecule has 0 saturated carbocycles. The summed E-state index contributed by atoms with van der Waals surface area (Å²) in [5.74, 6) is -6.19. The van der Waals surface area contributed by atoms with Crippen LogP contribution in [0.15, 0.2) is 24.3 Å². The van der Waals surface area contributed by atoms with Crippen molar-refractivity contribution in [3.05, 3.63) is 24.3 Å². The van der Waals surface area contributed by atoms with Gasteiger partial charge in [0.15, 0.2) is 0 Å². The average Bonchev–Trinajstić information content (AvgIpc) is 2.12. The van der Waals surface area contributed by atoms with E-state index >= 15 is 0 Å². The monoisotopic (exact) mass is 415 g/mol. The third kappa shape index (κ3) is 31.5. The maximum absolute atomic E-state index is 9.41. The molecule has 9 heteroatoms. The van der Waals surface area contributed by atoms with Crippen molar-refractivity contribution in [2.45, 2.75) is 0 Å². The minimum atomic E-state index is -1.55. The number of carboxylic acid groups (broad SMARTS) is 4. The van der Waals surface area contributed by atoms with Gasteiger partial charge in [0.1, 0.15) is 0 Å². The van der Waals surface area contributed by atoms with E-state index < -0.39 is 23.9 Å². The average molecular weight is 414 g/mol. The van der Waals surface area contributed by atoms with Crippen LogP contribution < -0.4 is 20.4 Å². The smallest absolute Gasteiger partial charge is 0.0643 e. The van der Waals surface area contributed by atoms with Gasteiger partial charge in [0, 0.05) is 20.4 Å². The number of hydrogen-bond donors (Lipinski definition) is 0. The van der Waals surface area contributed by atoms with Crippen molar-refractivity contribution in [3.63, 3.8) is 0 Å². The topological polar surface area (TPSA) is 161 Å². The molecule has 0 rings (SSSR count). The van der Waals surface area contributed by atoms with Crippen molar-refractivity contribution in [3.8, 4) is 0 Å². The Kier molecular flexibility index (Phi) is 14.5. The van der Waals surface area contributed by atoms with Crippen molar-refractivity contribution in [1.82, 2.24) is 0 Å². The van der Waals surface area contributed by atoms with Crippen molar-refractivity contribution in [1.29, 1.82) is 0 Å². The van der Waals surface area contributed by atoms with Gasteiger partial charge in [-0.25, -0.2) is 0 Å². The summed E-state index contributed by atoms with van der Waals surface area (Å²) < 4.78 is 0. The first-order valence-electron chi connectivity index (χ1n) is 3.45. The Labute approximate surface area is 109 Å². The predicted molar refractivity (Wildman–Crippen MR) is 38.3 cm³/mol. The molecular weight excluding hydrogens is 410 g/mol. The van der Waals surface area contributed by atoms with Crippen LogP contribution in [0.3, 0.4) is 0 Å². The van der Waals surface area contributed by atoms with Gasteiger partial charge in [0.05, 0.1) is 23.9 Å². The SMILES string of the molecule is O=C([O-])/C=C\C(=O)[O-].O=C([O-])/C=C\C(=O)[O-].[Re]. The van der Waals surface area contributed by atoms with Crippen LogP contribution >= 0.6 is 0 Å². The molecule has 0 aliphatic rings. The quantitative estimate of drug-likeness (QED) is 0.411. The van der Waals surface area contributed by atoms with Crippen LogP contribution in [0.2, 0.25) is 0 Å². The van der Waals surface area contributed by atoms with Crippen molar-refractivity contribution in [2.24, 2.45) is 0 Å². The first-order valence-corrected chi connectivity index (χ1v) is 3.45. The van der Waals surface area contributed by atoms with E-state index in [1.807, 2.05) is 0 Å². The molecule has 0 amide bonds. The molecule has 8 nitrogen and oxygen atoms in total. The van der Waals surface area contributed by atoms with Gasteiger partial charge in [0.2, 0.25) is 0 Å². The van der Waals surface area contributed by atoms with E-state index in [9.17, 15) is 39.6 Å². The van der Waals surface area contributed by atoms with Crippen molar-refractivity contribution < 1.29 is 60.0 Å². The first kappa shape index (κ1) is 20.4. The molecule has 0 aliphatic carbocycles. The third-order valence-electron chi connectivity index (χ3n) is 0.711. The number of hydrogen-bond acceptors (Lipinski definition) is 8. The standard InChI is InChI=1S/2C4H4O4.Re/c2*5-3(6)1-2-4(7)8;/h2*1-2H,(H,5,6)(H,7,8);/p-4/b2*2-1-;. The molecule has 0 aromatic rings. The van der Waals surface area contributed by atoms with Crippen LogP contribution in [0, 0.1) is 0 Å². The van der Waals surface area contributed by atoms with E-state index in [2.05, 4.69) is 0 Å². The Morgan fingerprint density at radius 1 is 0.529 bits per heavy atom. The molecule has 0 aromatic carbocycles. The van der Waals surface area contributed by atoms with Crippen LogP contribution in [0.4, 0.5) is 0 Å². The van der Waals surface area contributed by atoms with Gasteiger partial charge in [0.25, 0.3) is 0 Å². The van der Waals surface area contributed by atoms with Gasteiger partial charge in [-0.05, 0) is 24.3 Å². The van der Waals surface area contributed by atoms with E-state index in [0.29, 0.717) is 24.3 Å². The second-order valence-corrected chi connectivity index (χ2v) is 1.94. The summed E-state index contributed by atoms with van der Waals surface area (Å²) in [4.78, 5) is 37.7. The summed E-state index contributed by atoms with van der Waals surface area (Å²) in [5, 5.41) is 37.7. The molecule has 1 radical (unpaired) electrons. The predicted octanol–water partition coefficient (Wildman–Crippen LogP) is -5.92. The van der Waals surface area contributed by atoms with Crippen LogP contribution in [0.25, 0.3) is 0 Å². The second-order valence-electron chi connectivity index (χ2n) is 1.94. The second kappa shape index (κ2) is 12.1. The molecule has 0 spiro atoms. The Morgan fingerprint density at radius 3 is 0.706 bits per heavy atom. The summed E-state index contributed by atoms with van der Waals surface area (Å²) in [5.41, 5.74) is 0. The summed E-state index contributed by atoms with van der Waals surface area (Å²) in [6, 6.07) is 0. The summed E-state index contributed by atoms with van der Waals surface area (Å²) in [6.07, 6.45) is 1.54. The normalized spacial score (nSPS) is 8.94. The number of carboxylic acids is 4. The summed E-state index contributed by atoms with van der Waals surface area (Å²) in [7, 11) is 0. The molecule has 95 valence electrons. The number of rotatable bonds is 4. The van der Waals surface area contributed by atoms with Crippen molar-refractivity contribution in [2.75, 3.05) is 0 Å². The number of aliphatic carboxylic acids is 4. The van der Waals surface area contributed by atoms with Gasteiger partial charge < -0.3 is 39.6 Å². The molecule has 0 fully saturated rings. The molecule has 17 heavy (non-hydrogen) atoms. The first-order chi connectivity index (χ1) is 7.25. The Bertz CT molecular complexity index is 277. The maximum Gasteiger partial charge on any atom is 0.0643 e.